The van der Waals surface area contributed by atoms with Gasteiger partial charge in [0.2, 0.25) is 0 Å². The van der Waals surface area contributed by atoms with Crippen molar-refractivity contribution in [2.75, 3.05) is 0 Å². The van der Waals surface area contributed by atoms with Gasteiger partial charge in [-0.25, -0.2) is 4.79 Å². The summed E-state index contributed by atoms with van der Waals surface area (Å²) in [5, 5.41) is 0. The topological polar surface area (TPSA) is 61.2 Å². The number of fused-ring (bicyclic) bond motifs is 1. The van der Waals surface area contributed by atoms with E-state index in [1.165, 1.54) is 12.8 Å². The van der Waals surface area contributed by atoms with E-state index < -0.39 is 0 Å². The summed E-state index contributed by atoms with van der Waals surface area (Å²) < 4.78 is 6.79. The van der Waals surface area contributed by atoms with E-state index in [1.54, 1.807) is 10.6 Å². The SMILES string of the molecule is NC(Cn1c(=O)oc2ccccc21)C1CC1. The molecule has 0 amide bonds. The third-order valence-corrected chi connectivity index (χ3v) is 3.19. The van der Waals surface area contributed by atoms with Crippen molar-refractivity contribution in [1.29, 1.82) is 0 Å². The molecule has 16 heavy (non-hydrogen) atoms. The molecule has 1 atom stereocenters. The lowest BCUT2D eigenvalue weighted by Crippen LogP contribution is -2.31. The molecule has 84 valence electrons. The Kier molecular flexibility index (Phi) is 2.11. The minimum absolute atomic E-state index is 0.0682. The van der Waals surface area contributed by atoms with Gasteiger partial charge in [0.05, 0.1) is 5.52 Å². The third-order valence-electron chi connectivity index (χ3n) is 3.19. The van der Waals surface area contributed by atoms with Crippen molar-refractivity contribution in [3.05, 3.63) is 34.8 Å². The Labute approximate surface area is 92.7 Å². The number of nitrogens with zero attached hydrogens (tertiary/aromatic N) is 1. The zero-order valence-corrected chi connectivity index (χ0v) is 8.93. The van der Waals surface area contributed by atoms with Crippen LogP contribution in [0.2, 0.25) is 0 Å². The van der Waals surface area contributed by atoms with Gasteiger partial charge in [0, 0.05) is 12.6 Å². The van der Waals surface area contributed by atoms with E-state index >= 15 is 0 Å². The maximum absolute atomic E-state index is 11.7. The van der Waals surface area contributed by atoms with E-state index in [2.05, 4.69) is 0 Å². The van der Waals surface area contributed by atoms with Gasteiger partial charge in [-0.1, -0.05) is 12.1 Å². The first-order chi connectivity index (χ1) is 7.75. The first kappa shape index (κ1) is 9.66. The normalized spacial score (nSPS) is 17.8. The van der Waals surface area contributed by atoms with Crippen LogP contribution in [-0.4, -0.2) is 10.6 Å². The molecule has 1 aliphatic carbocycles. The van der Waals surface area contributed by atoms with Crippen LogP contribution in [0.25, 0.3) is 11.1 Å². The summed E-state index contributed by atoms with van der Waals surface area (Å²) in [6.45, 7) is 0.556. The van der Waals surface area contributed by atoms with Crippen LogP contribution >= 0.6 is 0 Å². The zero-order chi connectivity index (χ0) is 11.1. The van der Waals surface area contributed by atoms with Crippen LogP contribution in [0, 0.1) is 5.92 Å². The second-order valence-corrected chi connectivity index (χ2v) is 4.45. The summed E-state index contributed by atoms with van der Waals surface area (Å²) in [4.78, 5) is 11.7. The fraction of sp³-hybridized carbons (Fsp3) is 0.417. The number of para-hydroxylation sites is 2. The Morgan fingerprint density at radius 1 is 1.44 bits per heavy atom. The van der Waals surface area contributed by atoms with Gasteiger partial charge in [0.1, 0.15) is 0 Å². The average Bonchev–Trinajstić information content (AvgIpc) is 3.06. The molecule has 1 aliphatic rings. The molecule has 4 nitrogen and oxygen atoms in total. The van der Waals surface area contributed by atoms with Crippen LogP contribution < -0.4 is 11.5 Å². The quantitative estimate of drug-likeness (QED) is 0.845. The third kappa shape index (κ3) is 1.55. The highest BCUT2D eigenvalue weighted by Crippen LogP contribution is 2.32. The van der Waals surface area contributed by atoms with E-state index in [9.17, 15) is 4.79 Å². The molecule has 0 bridgehead atoms. The van der Waals surface area contributed by atoms with Gasteiger partial charge < -0.3 is 10.2 Å². The van der Waals surface area contributed by atoms with Gasteiger partial charge in [0.15, 0.2) is 5.58 Å². The fourth-order valence-electron chi connectivity index (χ4n) is 2.07. The molecule has 0 spiro atoms. The van der Waals surface area contributed by atoms with Crippen LogP contribution in [0.3, 0.4) is 0 Å². The van der Waals surface area contributed by atoms with Crippen LogP contribution in [0.5, 0.6) is 0 Å². The predicted molar refractivity (Wildman–Crippen MR) is 61.2 cm³/mol. The fourth-order valence-corrected chi connectivity index (χ4v) is 2.07. The predicted octanol–water partition coefficient (Wildman–Crippen LogP) is 1.33. The average molecular weight is 218 g/mol. The van der Waals surface area contributed by atoms with Crippen molar-refractivity contribution in [1.82, 2.24) is 4.57 Å². The standard InChI is InChI=1S/C12H14N2O2/c13-9(8-5-6-8)7-14-10-3-1-2-4-11(10)16-12(14)15/h1-4,8-9H,5-7,13H2. The molecule has 0 radical (unpaired) electrons. The molecule has 2 aromatic rings. The highest BCUT2D eigenvalue weighted by Gasteiger charge is 2.29. The van der Waals surface area contributed by atoms with E-state index in [-0.39, 0.29) is 11.8 Å². The van der Waals surface area contributed by atoms with Crippen molar-refractivity contribution < 1.29 is 4.42 Å². The summed E-state index contributed by atoms with van der Waals surface area (Å²) in [5.41, 5.74) is 7.50. The molecular formula is C12H14N2O2. The van der Waals surface area contributed by atoms with Crippen molar-refractivity contribution in [3.8, 4) is 0 Å². The van der Waals surface area contributed by atoms with Crippen molar-refractivity contribution in [3.63, 3.8) is 0 Å². The molecule has 1 heterocycles. The number of hydrogen-bond acceptors (Lipinski definition) is 3. The Morgan fingerprint density at radius 3 is 2.94 bits per heavy atom. The van der Waals surface area contributed by atoms with Gasteiger partial charge in [0.25, 0.3) is 0 Å². The Morgan fingerprint density at radius 2 is 2.19 bits per heavy atom. The summed E-state index contributed by atoms with van der Waals surface area (Å²) in [5.74, 6) is 0.276. The zero-order valence-electron chi connectivity index (χ0n) is 8.93. The number of aromatic nitrogens is 1. The lowest BCUT2D eigenvalue weighted by Gasteiger charge is -2.09. The lowest BCUT2D eigenvalue weighted by molar-refractivity contribution is 0.453. The first-order valence-corrected chi connectivity index (χ1v) is 5.59. The Balaban J connectivity index is 2.01. The maximum atomic E-state index is 11.7. The van der Waals surface area contributed by atoms with E-state index in [0.717, 1.165) is 5.52 Å². The molecule has 0 aliphatic heterocycles. The molecule has 1 fully saturated rings. The Bertz CT molecular complexity index is 566. The van der Waals surface area contributed by atoms with E-state index in [1.807, 2.05) is 18.2 Å². The molecular weight excluding hydrogens is 204 g/mol. The minimum Gasteiger partial charge on any atom is -0.408 e. The van der Waals surface area contributed by atoms with Crippen LogP contribution in [0.4, 0.5) is 0 Å². The van der Waals surface area contributed by atoms with Gasteiger partial charge in [-0.2, -0.15) is 0 Å². The second kappa shape index (κ2) is 3.49. The molecule has 4 heteroatoms. The number of rotatable bonds is 3. The summed E-state index contributed by atoms with van der Waals surface area (Å²) in [6.07, 6.45) is 2.37. The van der Waals surface area contributed by atoms with E-state index in [0.29, 0.717) is 18.0 Å². The molecule has 0 saturated heterocycles. The summed E-state index contributed by atoms with van der Waals surface area (Å²) in [6, 6.07) is 7.52. The van der Waals surface area contributed by atoms with Crippen molar-refractivity contribution in [2.24, 2.45) is 11.7 Å². The van der Waals surface area contributed by atoms with Crippen LogP contribution in [-0.2, 0) is 6.54 Å². The number of nitrogens with two attached hydrogens (primary N) is 1. The van der Waals surface area contributed by atoms with Gasteiger partial charge in [-0.3, -0.25) is 4.57 Å². The number of hydrogen-bond donors (Lipinski definition) is 1. The molecule has 1 aromatic carbocycles. The smallest absolute Gasteiger partial charge is 0.408 e. The minimum atomic E-state index is -0.308. The van der Waals surface area contributed by atoms with Crippen molar-refractivity contribution in [2.45, 2.75) is 25.4 Å². The van der Waals surface area contributed by atoms with Crippen molar-refractivity contribution >= 4 is 11.1 Å². The summed E-state index contributed by atoms with van der Waals surface area (Å²) in [7, 11) is 0. The molecule has 2 N–H and O–H groups in total. The molecule has 1 saturated carbocycles. The highest BCUT2D eigenvalue weighted by atomic mass is 16.4. The van der Waals surface area contributed by atoms with Gasteiger partial charge in [-0.05, 0) is 30.9 Å². The van der Waals surface area contributed by atoms with Crippen LogP contribution in [0.15, 0.2) is 33.5 Å². The first-order valence-electron chi connectivity index (χ1n) is 5.59. The maximum Gasteiger partial charge on any atom is 0.420 e. The number of benzene rings is 1. The molecule has 1 unspecified atom stereocenters. The second-order valence-electron chi connectivity index (χ2n) is 4.45. The Hall–Kier alpha value is -1.55. The van der Waals surface area contributed by atoms with Crippen LogP contribution in [0.1, 0.15) is 12.8 Å². The highest BCUT2D eigenvalue weighted by molar-refractivity contribution is 5.72. The van der Waals surface area contributed by atoms with Gasteiger partial charge >= 0.3 is 5.76 Å². The molecule has 1 aromatic heterocycles. The monoisotopic (exact) mass is 218 g/mol. The number of oxazole rings is 1. The van der Waals surface area contributed by atoms with Gasteiger partial charge in [-0.15, -0.1) is 0 Å². The molecule has 3 rings (SSSR count). The lowest BCUT2D eigenvalue weighted by atomic mass is 10.2. The van der Waals surface area contributed by atoms with E-state index in [4.69, 9.17) is 10.2 Å². The largest absolute Gasteiger partial charge is 0.420 e. The summed E-state index contributed by atoms with van der Waals surface area (Å²) >= 11 is 0.